The summed E-state index contributed by atoms with van der Waals surface area (Å²) in [6, 6.07) is 14.1. The van der Waals surface area contributed by atoms with Gasteiger partial charge in [-0.1, -0.05) is 28.1 Å². The molecule has 39 heavy (non-hydrogen) atoms. The molecule has 13 nitrogen and oxygen atoms in total. The molecule has 0 aliphatic carbocycles. The monoisotopic (exact) mass is 621 g/mol. The topological polar surface area (TPSA) is 162 Å². The van der Waals surface area contributed by atoms with Crippen LogP contribution in [0.3, 0.4) is 0 Å². The van der Waals surface area contributed by atoms with Crippen LogP contribution in [0.2, 0.25) is 0 Å². The number of H-pyrrole nitrogens is 1. The highest BCUT2D eigenvalue weighted by Crippen LogP contribution is 2.39. The second-order valence-corrected chi connectivity index (χ2v) is 10.1. The number of nitrogens with two attached hydrogens (primary N) is 1. The van der Waals surface area contributed by atoms with Crippen molar-refractivity contribution in [1.82, 2.24) is 19.5 Å². The summed E-state index contributed by atoms with van der Waals surface area (Å²) < 4.78 is 35.1. The predicted octanol–water partition coefficient (Wildman–Crippen LogP) is 4.17. The summed E-state index contributed by atoms with van der Waals surface area (Å²) in [5.74, 6) is 0.920. The van der Waals surface area contributed by atoms with Gasteiger partial charge in [-0.3, -0.25) is 14.3 Å². The molecule has 0 spiro atoms. The first-order valence-electron chi connectivity index (χ1n) is 11.5. The number of nitrogens with zero attached hydrogens (tertiary/aromatic N) is 3. The van der Waals surface area contributed by atoms with Gasteiger partial charge in [-0.15, -0.1) is 0 Å². The van der Waals surface area contributed by atoms with E-state index in [9.17, 15) is 9.59 Å². The number of methoxy groups -OCH3 is 1. The average molecular weight is 622 g/mol. The molecule has 2 heterocycles. The molecule has 0 aliphatic heterocycles. The first kappa shape index (κ1) is 28.5. The van der Waals surface area contributed by atoms with E-state index in [2.05, 4.69) is 30.9 Å². The normalized spacial score (nSPS) is 11.8. The van der Waals surface area contributed by atoms with E-state index in [1.54, 1.807) is 28.8 Å². The van der Waals surface area contributed by atoms with Crippen molar-refractivity contribution in [2.75, 3.05) is 32.6 Å². The Morgan fingerprint density at radius 2 is 1.95 bits per heavy atom. The van der Waals surface area contributed by atoms with Crippen LogP contribution in [-0.4, -0.2) is 52.5 Å². The summed E-state index contributed by atoms with van der Waals surface area (Å²) in [4.78, 5) is 34.6. The summed E-state index contributed by atoms with van der Waals surface area (Å²) in [6.45, 7) is 0.443. The molecule has 1 unspecified atom stereocenters. The van der Waals surface area contributed by atoms with Crippen LogP contribution in [0.15, 0.2) is 64.1 Å². The number of rotatable bonds is 13. The number of fused-ring (bicyclic) bond motifs is 1. The number of nitrogens with one attached hydrogen (secondary N) is 1. The number of carbonyl (C=O) groups is 1. The molecule has 4 rings (SSSR count). The van der Waals surface area contributed by atoms with E-state index in [4.69, 9.17) is 33.7 Å². The summed E-state index contributed by atoms with van der Waals surface area (Å²) in [5, 5.41) is 0. The van der Waals surface area contributed by atoms with Gasteiger partial charge < -0.3 is 33.8 Å². The lowest BCUT2D eigenvalue weighted by molar-refractivity contribution is 0.0244. The Labute approximate surface area is 232 Å². The number of benzene rings is 2. The molecule has 3 N–H and O–H groups in total. The minimum Gasteiger partial charge on any atom is -0.497 e. The maximum Gasteiger partial charge on any atom is 0.515 e. The molecule has 0 saturated heterocycles. The van der Waals surface area contributed by atoms with Crippen LogP contribution in [0.25, 0.3) is 11.2 Å². The number of anilines is 1. The van der Waals surface area contributed by atoms with Gasteiger partial charge in [0.05, 0.1) is 26.7 Å². The first-order valence-corrected chi connectivity index (χ1v) is 13.6. The third kappa shape index (κ3) is 8.47. The molecule has 0 aliphatic rings. The number of ether oxygens (including phenoxy) is 4. The molecule has 15 heteroatoms. The molecule has 0 bridgehead atoms. The van der Waals surface area contributed by atoms with Gasteiger partial charge in [-0.05, 0) is 42.0 Å². The predicted molar refractivity (Wildman–Crippen MR) is 145 cm³/mol. The van der Waals surface area contributed by atoms with Crippen molar-refractivity contribution in [1.29, 1.82) is 0 Å². The van der Waals surface area contributed by atoms with E-state index in [1.807, 2.05) is 24.3 Å². The molecule has 0 fully saturated rings. The minimum atomic E-state index is -1.61. The Hall–Kier alpha value is -3.55. The maximum atomic E-state index is 12.0. The molecule has 1 atom stereocenters. The van der Waals surface area contributed by atoms with Gasteiger partial charge in [0.1, 0.15) is 17.8 Å². The lowest BCUT2D eigenvalue weighted by Gasteiger charge is -2.18. The molecule has 0 radical (unpaired) electrons. The van der Waals surface area contributed by atoms with E-state index in [0.717, 1.165) is 10.0 Å². The number of hydrogen-bond donors (Lipinski definition) is 2. The largest absolute Gasteiger partial charge is 0.515 e. The highest BCUT2D eigenvalue weighted by atomic mass is 79.9. The number of aromatic nitrogens is 4. The van der Waals surface area contributed by atoms with E-state index in [0.29, 0.717) is 23.7 Å². The van der Waals surface area contributed by atoms with Crippen molar-refractivity contribution in [3.05, 3.63) is 75.2 Å². The third-order valence-corrected chi connectivity index (χ3v) is 6.76. The lowest BCUT2D eigenvalue weighted by atomic mass is 10.2. The van der Waals surface area contributed by atoms with Gasteiger partial charge in [0, 0.05) is 11.0 Å². The molecular formula is C24H25BrN5O8P. The number of nitrogen functional groups attached to an aromatic ring is 1. The third-order valence-electron chi connectivity index (χ3n) is 5.06. The summed E-state index contributed by atoms with van der Waals surface area (Å²) in [7, 11) is -0.0676. The Balaban J connectivity index is 1.28. The van der Waals surface area contributed by atoms with Crippen molar-refractivity contribution in [2.24, 2.45) is 0 Å². The first-order chi connectivity index (χ1) is 18.9. The zero-order valence-corrected chi connectivity index (χ0v) is 23.2. The zero-order chi connectivity index (χ0) is 27.6. The van der Waals surface area contributed by atoms with Crippen molar-refractivity contribution >= 4 is 47.6 Å². The summed E-state index contributed by atoms with van der Waals surface area (Å²) >= 11 is 3.43. The number of halogens is 1. The smallest absolute Gasteiger partial charge is 0.497 e. The molecule has 0 saturated carbocycles. The minimum absolute atomic E-state index is 0.00134. The summed E-state index contributed by atoms with van der Waals surface area (Å²) in [6.07, 6.45) is 0.640. The number of aromatic amines is 1. The Kier molecular flexibility index (Phi) is 10.2. The maximum absolute atomic E-state index is 12.0. The Bertz CT molecular complexity index is 1450. The van der Waals surface area contributed by atoms with Gasteiger partial charge in [-0.2, -0.15) is 4.98 Å². The molecule has 0 amide bonds. The van der Waals surface area contributed by atoms with Crippen molar-refractivity contribution < 1.29 is 32.8 Å². The van der Waals surface area contributed by atoms with E-state index >= 15 is 0 Å². The SMILES string of the molecule is COc1ccc(OC(=O)OCOP(COCCn2cnc3c(=O)[nH]c(N)nc32)OCc2cccc(Br)c2)cc1. The van der Waals surface area contributed by atoms with Crippen LogP contribution >= 0.6 is 24.3 Å². The molecule has 2 aromatic heterocycles. The number of carbonyl (C=O) groups excluding carboxylic acids is 1. The quantitative estimate of drug-likeness (QED) is 0.0724. The van der Waals surface area contributed by atoms with Gasteiger partial charge in [-0.25, -0.2) is 9.78 Å². The van der Waals surface area contributed by atoms with Crippen LogP contribution in [0, 0.1) is 0 Å². The fraction of sp³-hybridized carbons (Fsp3) is 0.250. The summed E-state index contributed by atoms with van der Waals surface area (Å²) in [5.41, 5.74) is 6.68. The fourth-order valence-corrected chi connectivity index (χ4v) is 4.64. The number of imidazole rings is 1. The van der Waals surface area contributed by atoms with Gasteiger partial charge in [0.25, 0.3) is 5.56 Å². The van der Waals surface area contributed by atoms with Gasteiger partial charge in [0.15, 0.2) is 11.2 Å². The number of hydrogen-bond acceptors (Lipinski definition) is 11. The molecular weight excluding hydrogens is 597 g/mol. The molecule has 2 aromatic carbocycles. The second kappa shape index (κ2) is 14.0. The van der Waals surface area contributed by atoms with Crippen LogP contribution in [-0.2, 0) is 31.7 Å². The molecule has 206 valence electrons. The van der Waals surface area contributed by atoms with Gasteiger partial charge >= 0.3 is 6.16 Å². The van der Waals surface area contributed by atoms with Crippen molar-refractivity contribution in [3.63, 3.8) is 0 Å². The van der Waals surface area contributed by atoms with Crippen LogP contribution < -0.4 is 20.8 Å². The molecule has 4 aromatic rings. The van der Waals surface area contributed by atoms with Crippen LogP contribution in [0.4, 0.5) is 10.7 Å². The van der Waals surface area contributed by atoms with Crippen molar-refractivity contribution in [3.8, 4) is 11.5 Å². The highest BCUT2D eigenvalue weighted by molar-refractivity contribution is 9.10. The fourth-order valence-electron chi connectivity index (χ4n) is 3.22. The Morgan fingerprint density at radius 1 is 1.15 bits per heavy atom. The highest BCUT2D eigenvalue weighted by Gasteiger charge is 2.15. The van der Waals surface area contributed by atoms with Gasteiger partial charge in [0.2, 0.25) is 21.1 Å². The van der Waals surface area contributed by atoms with Crippen LogP contribution in [0.1, 0.15) is 5.56 Å². The van der Waals surface area contributed by atoms with Crippen LogP contribution in [0.5, 0.6) is 11.5 Å². The standard InChI is InChI=1S/C24H25BrN5O8P/c1-33-18-5-7-19(8-6-18)38-24(32)35-14-37-39(36-12-16-3-2-4-17(25)11-16)15-34-10-9-30-13-27-20-21(30)28-23(26)29-22(20)31/h2-8,11,13H,9-10,12,14-15H2,1H3,(H3,26,28,29,31). The lowest BCUT2D eigenvalue weighted by Crippen LogP contribution is -2.14. The van der Waals surface area contributed by atoms with E-state index in [1.165, 1.54) is 13.4 Å². The second-order valence-electron chi connectivity index (χ2n) is 7.75. The van der Waals surface area contributed by atoms with E-state index < -0.39 is 26.9 Å². The average Bonchev–Trinajstić information content (AvgIpc) is 3.32. The zero-order valence-electron chi connectivity index (χ0n) is 20.7. The van der Waals surface area contributed by atoms with E-state index in [-0.39, 0.29) is 31.0 Å². The van der Waals surface area contributed by atoms with Crippen molar-refractivity contribution in [2.45, 2.75) is 13.2 Å². The Morgan fingerprint density at radius 3 is 2.72 bits per heavy atom.